The fraction of sp³-hybridized carbons (Fsp3) is 0.231. The summed E-state index contributed by atoms with van der Waals surface area (Å²) in [6.45, 7) is 2.05. The molecule has 1 unspecified atom stereocenters. The minimum atomic E-state index is -0.595. The van der Waals surface area contributed by atoms with Crippen LogP contribution in [0, 0.1) is 10.1 Å². The number of aromatic nitrogens is 1. The Labute approximate surface area is 104 Å². The predicted octanol–water partition coefficient (Wildman–Crippen LogP) is 2.50. The maximum atomic E-state index is 10.9. The number of para-hydroxylation sites is 1. The van der Waals surface area contributed by atoms with Crippen LogP contribution in [0.15, 0.2) is 42.6 Å². The van der Waals surface area contributed by atoms with Crippen molar-refractivity contribution in [2.45, 2.75) is 19.6 Å². The highest BCUT2D eigenvalue weighted by Crippen LogP contribution is 2.21. The van der Waals surface area contributed by atoms with Crippen LogP contribution in [0.4, 0.5) is 5.69 Å². The second-order valence-corrected chi connectivity index (χ2v) is 4.12. The van der Waals surface area contributed by atoms with Crippen molar-refractivity contribution in [3.05, 3.63) is 64.0 Å². The number of benzene rings is 1. The Bertz CT molecular complexity index is 561. The molecule has 0 saturated heterocycles. The molecule has 18 heavy (non-hydrogen) atoms. The average Bonchev–Trinajstić information content (AvgIpc) is 2.77. The van der Waals surface area contributed by atoms with Crippen LogP contribution in [-0.4, -0.2) is 14.6 Å². The summed E-state index contributed by atoms with van der Waals surface area (Å²) in [5.74, 6) is 0. The highest BCUT2D eigenvalue weighted by atomic mass is 16.6. The van der Waals surface area contributed by atoms with Crippen LogP contribution in [0.25, 0.3) is 0 Å². The standard InChI is InChI=1S/C13H14N2O3/c1-10(16)12-7-4-8-14(12)9-11-5-2-3-6-13(11)15(17)18/h2-8,10,16H,9H2,1H3. The quantitative estimate of drug-likeness (QED) is 0.665. The lowest BCUT2D eigenvalue weighted by atomic mass is 10.1. The highest BCUT2D eigenvalue weighted by Gasteiger charge is 2.14. The van der Waals surface area contributed by atoms with Crippen molar-refractivity contribution in [1.29, 1.82) is 0 Å². The maximum absolute atomic E-state index is 10.9. The normalized spacial score (nSPS) is 12.3. The SMILES string of the molecule is CC(O)c1cccn1Cc1ccccc1[N+](=O)[O-]. The molecule has 5 nitrogen and oxygen atoms in total. The van der Waals surface area contributed by atoms with Crippen LogP contribution >= 0.6 is 0 Å². The van der Waals surface area contributed by atoms with Crippen LogP contribution < -0.4 is 0 Å². The number of nitro groups is 1. The van der Waals surface area contributed by atoms with Crippen LogP contribution in [0.2, 0.25) is 0 Å². The van der Waals surface area contributed by atoms with E-state index in [4.69, 9.17) is 0 Å². The maximum Gasteiger partial charge on any atom is 0.274 e. The van der Waals surface area contributed by atoms with Crippen LogP contribution in [0.1, 0.15) is 24.3 Å². The number of nitro benzene ring substituents is 1. The fourth-order valence-corrected chi connectivity index (χ4v) is 1.96. The van der Waals surface area contributed by atoms with Gasteiger partial charge in [0.05, 0.1) is 17.6 Å². The molecule has 0 spiro atoms. The Morgan fingerprint density at radius 3 is 2.72 bits per heavy atom. The number of nitrogens with zero attached hydrogens (tertiary/aromatic N) is 2. The zero-order valence-corrected chi connectivity index (χ0v) is 9.98. The summed E-state index contributed by atoms with van der Waals surface area (Å²) in [4.78, 5) is 10.5. The first-order valence-electron chi connectivity index (χ1n) is 5.65. The molecule has 2 aromatic rings. The van der Waals surface area contributed by atoms with Gasteiger partial charge < -0.3 is 9.67 Å². The number of hydrogen-bond donors (Lipinski definition) is 1. The Hall–Kier alpha value is -2.14. The molecule has 94 valence electrons. The molecular formula is C13H14N2O3. The lowest BCUT2D eigenvalue weighted by molar-refractivity contribution is -0.385. The van der Waals surface area contributed by atoms with Crippen molar-refractivity contribution >= 4 is 5.69 Å². The summed E-state index contributed by atoms with van der Waals surface area (Å²) >= 11 is 0. The predicted molar refractivity (Wildman–Crippen MR) is 67.3 cm³/mol. The molecular weight excluding hydrogens is 232 g/mol. The summed E-state index contributed by atoms with van der Waals surface area (Å²) in [5.41, 5.74) is 1.47. The van der Waals surface area contributed by atoms with E-state index in [0.29, 0.717) is 12.1 Å². The van der Waals surface area contributed by atoms with Gasteiger partial charge in [-0.15, -0.1) is 0 Å². The van der Waals surface area contributed by atoms with Crippen LogP contribution in [0.3, 0.4) is 0 Å². The first-order chi connectivity index (χ1) is 8.59. The first-order valence-corrected chi connectivity index (χ1v) is 5.65. The van der Waals surface area contributed by atoms with E-state index in [-0.39, 0.29) is 10.6 Å². The monoisotopic (exact) mass is 246 g/mol. The van der Waals surface area contributed by atoms with Crippen molar-refractivity contribution in [3.63, 3.8) is 0 Å². The van der Waals surface area contributed by atoms with E-state index in [0.717, 1.165) is 5.69 Å². The van der Waals surface area contributed by atoms with Gasteiger partial charge in [-0.3, -0.25) is 10.1 Å². The molecule has 0 radical (unpaired) electrons. The molecule has 1 aromatic heterocycles. The van der Waals surface area contributed by atoms with Crippen molar-refractivity contribution in [2.75, 3.05) is 0 Å². The van der Waals surface area contributed by atoms with Gasteiger partial charge in [0.2, 0.25) is 0 Å². The molecule has 2 rings (SSSR count). The van der Waals surface area contributed by atoms with Gasteiger partial charge in [0.25, 0.3) is 5.69 Å². The topological polar surface area (TPSA) is 68.3 Å². The van der Waals surface area contributed by atoms with E-state index in [1.807, 2.05) is 10.6 Å². The largest absolute Gasteiger partial charge is 0.387 e. The molecule has 0 bridgehead atoms. The minimum Gasteiger partial charge on any atom is -0.387 e. The third kappa shape index (κ3) is 2.41. The summed E-state index contributed by atoms with van der Waals surface area (Å²) < 4.78 is 1.81. The molecule has 1 N–H and O–H groups in total. The van der Waals surface area contributed by atoms with Crippen molar-refractivity contribution < 1.29 is 10.0 Å². The Kier molecular flexibility index (Phi) is 3.43. The molecule has 0 amide bonds. The molecule has 1 aromatic carbocycles. The van der Waals surface area contributed by atoms with Crippen LogP contribution in [-0.2, 0) is 6.54 Å². The lowest BCUT2D eigenvalue weighted by Crippen LogP contribution is -2.07. The first kappa shape index (κ1) is 12.3. The van der Waals surface area contributed by atoms with Gasteiger partial charge in [0.1, 0.15) is 0 Å². The van der Waals surface area contributed by atoms with Gasteiger partial charge in [0, 0.05) is 23.5 Å². The van der Waals surface area contributed by atoms with Crippen molar-refractivity contribution in [3.8, 4) is 0 Å². The minimum absolute atomic E-state index is 0.0998. The zero-order valence-electron chi connectivity index (χ0n) is 9.98. The summed E-state index contributed by atoms with van der Waals surface area (Å²) in [6.07, 6.45) is 1.21. The van der Waals surface area contributed by atoms with E-state index in [1.54, 1.807) is 37.4 Å². The zero-order chi connectivity index (χ0) is 13.1. The lowest BCUT2D eigenvalue weighted by Gasteiger charge is -2.11. The second-order valence-electron chi connectivity index (χ2n) is 4.12. The molecule has 0 saturated carbocycles. The Morgan fingerprint density at radius 1 is 1.33 bits per heavy atom. The highest BCUT2D eigenvalue weighted by molar-refractivity contribution is 5.40. The van der Waals surface area contributed by atoms with Gasteiger partial charge in [-0.05, 0) is 19.1 Å². The van der Waals surface area contributed by atoms with E-state index in [2.05, 4.69) is 0 Å². The number of aliphatic hydroxyl groups excluding tert-OH is 1. The van der Waals surface area contributed by atoms with Gasteiger partial charge in [0.15, 0.2) is 0 Å². The van der Waals surface area contributed by atoms with E-state index in [1.165, 1.54) is 6.07 Å². The Balaban J connectivity index is 2.34. The smallest absolute Gasteiger partial charge is 0.274 e. The van der Waals surface area contributed by atoms with Crippen molar-refractivity contribution in [2.24, 2.45) is 0 Å². The van der Waals surface area contributed by atoms with Gasteiger partial charge in [-0.2, -0.15) is 0 Å². The third-order valence-corrected chi connectivity index (χ3v) is 2.82. The average molecular weight is 246 g/mol. The summed E-state index contributed by atoms with van der Waals surface area (Å²) in [7, 11) is 0. The summed E-state index contributed by atoms with van der Waals surface area (Å²) in [6, 6.07) is 10.3. The number of hydrogen-bond acceptors (Lipinski definition) is 3. The number of aliphatic hydroxyl groups is 1. The molecule has 1 atom stereocenters. The molecule has 0 aliphatic rings. The number of rotatable bonds is 4. The van der Waals surface area contributed by atoms with E-state index in [9.17, 15) is 15.2 Å². The van der Waals surface area contributed by atoms with Gasteiger partial charge in [-0.1, -0.05) is 18.2 Å². The third-order valence-electron chi connectivity index (χ3n) is 2.82. The Morgan fingerprint density at radius 2 is 2.06 bits per heavy atom. The molecule has 1 heterocycles. The molecule has 0 aliphatic carbocycles. The van der Waals surface area contributed by atoms with Crippen molar-refractivity contribution in [1.82, 2.24) is 4.57 Å². The fourth-order valence-electron chi connectivity index (χ4n) is 1.96. The van der Waals surface area contributed by atoms with Gasteiger partial charge in [-0.25, -0.2) is 0 Å². The van der Waals surface area contributed by atoms with E-state index >= 15 is 0 Å². The summed E-state index contributed by atoms with van der Waals surface area (Å²) in [5, 5.41) is 20.5. The molecule has 0 aliphatic heterocycles. The molecule has 5 heteroatoms. The molecule has 0 fully saturated rings. The van der Waals surface area contributed by atoms with Gasteiger partial charge >= 0.3 is 0 Å². The second kappa shape index (κ2) is 5.01. The van der Waals surface area contributed by atoms with Crippen LogP contribution in [0.5, 0.6) is 0 Å². The van der Waals surface area contributed by atoms with E-state index < -0.39 is 6.10 Å².